The number of hydrogen-bond donors (Lipinski definition) is 2. The zero-order valence-corrected chi connectivity index (χ0v) is 15.8. The Morgan fingerprint density at radius 1 is 1.25 bits per heavy atom. The molecule has 4 heteroatoms. The summed E-state index contributed by atoms with van der Waals surface area (Å²) in [6, 6.07) is 0. The van der Waals surface area contributed by atoms with Crippen LogP contribution < -0.4 is 0 Å². The van der Waals surface area contributed by atoms with E-state index in [1.807, 2.05) is 6.92 Å². The zero-order valence-electron chi connectivity index (χ0n) is 15.8. The van der Waals surface area contributed by atoms with Gasteiger partial charge in [-0.25, -0.2) is 0 Å². The first-order chi connectivity index (χ1) is 11.1. The minimum atomic E-state index is -0.743. The second-order valence-corrected chi connectivity index (χ2v) is 8.27. The van der Waals surface area contributed by atoms with Crippen LogP contribution in [0.15, 0.2) is 11.6 Å². The average Bonchev–Trinajstić information content (AvgIpc) is 2.43. The summed E-state index contributed by atoms with van der Waals surface area (Å²) in [5.74, 6) is -0.00357. The van der Waals surface area contributed by atoms with Crippen LogP contribution >= 0.6 is 0 Å². The van der Waals surface area contributed by atoms with Crippen LogP contribution in [0.1, 0.15) is 73.1 Å². The maximum absolute atomic E-state index is 11.2. The molecule has 0 aromatic carbocycles. The molecule has 0 radical (unpaired) electrons. The Balaban J connectivity index is 2.96. The van der Waals surface area contributed by atoms with Gasteiger partial charge in [0.25, 0.3) is 0 Å². The molecule has 4 atom stereocenters. The maximum atomic E-state index is 11.2. The Kier molecular flexibility index (Phi) is 7.50. The van der Waals surface area contributed by atoms with E-state index in [9.17, 15) is 14.7 Å². The quantitative estimate of drug-likeness (QED) is 0.581. The Morgan fingerprint density at radius 2 is 1.88 bits per heavy atom. The molecule has 2 N–H and O–H groups in total. The Bertz CT molecular complexity index is 480. The van der Waals surface area contributed by atoms with E-state index < -0.39 is 11.9 Å². The van der Waals surface area contributed by atoms with Gasteiger partial charge >= 0.3 is 11.9 Å². The lowest BCUT2D eigenvalue weighted by Gasteiger charge is -2.49. The van der Waals surface area contributed by atoms with Gasteiger partial charge in [0.15, 0.2) is 0 Å². The van der Waals surface area contributed by atoms with Crippen molar-refractivity contribution in [3.63, 3.8) is 0 Å². The van der Waals surface area contributed by atoms with E-state index in [0.717, 1.165) is 19.3 Å². The molecule has 0 aliphatic heterocycles. The lowest BCUT2D eigenvalue weighted by molar-refractivity contribution is -0.139. The molecule has 0 aromatic heterocycles. The molecule has 24 heavy (non-hydrogen) atoms. The number of carbonyl (C=O) groups is 2. The van der Waals surface area contributed by atoms with Crippen LogP contribution in [0, 0.1) is 29.1 Å². The third kappa shape index (κ3) is 5.35. The van der Waals surface area contributed by atoms with E-state index >= 15 is 0 Å². The molecule has 138 valence electrons. The predicted octanol–water partition coefficient (Wildman–Crippen LogP) is 4.99. The van der Waals surface area contributed by atoms with Crippen molar-refractivity contribution >= 4 is 11.9 Å². The van der Waals surface area contributed by atoms with E-state index in [4.69, 9.17) is 5.11 Å². The average molecular weight is 338 g/mol. The zero-order chi connectivity index (χ0) is 18.5. The smallest absolute Gasteiger partial charge is 0.303 e. The van der Waals surface area contributed by atoms with E-state index in [0.29, 0.717) is 24.2 Å². The molecule has 0 saturated heterocycles. The van der Waals surface area contributed by atoms with Crippen molar-refractivity contribution in [2.45, 2.75) is 73.1 Å². The molecule has 0 spiro atoms. The van der Waals surface area contributed by atoms with Gasteiger partial charge < -0.3 is 10.2 Å². The van der Waals surface area contributed by atoms with Crippen LogP contribution in [0.5, 0.6) is 0 Å². The fraction of sp³-hybridized carbons (Fsp3) is 0.800. The van der Waals surface area contributed by atoms with E-state index in [1.54, 1.807) is 0 Å². The van der Waals surface area contributed by atoms with Crippen molar-refractivity contribution in [2.75, 3.05) is 0 Å². The number of rotatable bonds is 9. The fourth-order valence-corrected chi connectivity index (χ4v) is 4.68. The first-order valence-corrected chi connectivity index (χ1v) is 9.18. The molecule has 0 heterocycles. The van der Waals surface area contributed by atoms with E-state index in [2.05, 4.69) is 33.8 Å². The van der Waals surface area contributed by atoms with Gasteiger partial charge in [-0.3, -0.25) is 9.59 Å². The highest BCUT2D eigenvalue weighted by atomic mass is 16.4. The van der Waals surface area contributed by atoms with Gasteiger partial charge in [0.2, 0.25) is 0 Å². The van der Waals surface area contributed by atoms with Crippen LogP contribution in [-0.2, 0) is 9.59 Å². The minimum Gasteiger partial charge on any atom is -0.481 e. The summed E-state index contributed by atoms with van der Waals surface area (Å²) in [4.78, 5) is 22.1. The minimum absolute atomic E-state index is 0.0334. The SMILES string of the molecule is CC1=CC[C@H](C(C)C)[C@@](C)(CCC(=O)O)[C@@H]1CC[C@H](C)CC(=O)O. The molecule has 4 nitrogen and oxygen atoms in total. The predicted molar refractivity (Wildman–Crippen MR) is 95.8 cm³/mol. The highest BCUT2D eigenvalue weighted by Crippen LogP contribution is 2.53. The molecular formula is C20H34O4. The lowest BCUT2D eigenvalue weighted by atomic mass is 9.55. The topological polar surface area (TPSA) is 74.6 Å². The van der Waals surface area contributed by atoms with Gasteiger partial charge in [0.05, 0.1) is 0 Å². The van der Waals surface area contributed by atoms with Crippen LogP contribution in [0.4, 0.5) is 0 Å². The summed E-state index contributed by atoms with van der Waals surface area (Å²) in [6.07, 6.45) is 6.24. The van der Waals surface area contributed by atoms with Gasteiger partial charge in [0, 0.05) is 12.8 Å². The van der Waals surface area contributed by atoms with Crippen molar-refractivity contribution in [1.29, 1.82) is 0 Å². The highest BCUT2D eigenvalue weighted by Gasteiger charge is 2.44. The highest BCUT2D eigenvalue weighted by molar-refractivity contribution is 5.67. The standard InChI is InChI=1S/C20H34O4/c1-13(2)16-9-7-15(4)17(8-6-14(3)12-19(23)24)20(16,5)11-10-18(21)22/h7,13-14,16-17H,6,8-12H2,1-5H3,(H,21,22)(H,23,24)/t14-,16+,17+,20+/m0/s1. The first-order valence-electron chi connectivity index (χ1n) is 9.18. The fourth-order valence-electron chi connectivity index (χ4n) is 4.68. The van der Waals surface area contributed by atoms with Crippen molar-refractivity contribution in [3.05, 3.63) is 11.6 Å². The summed E-state index contributed by atoms with van der Waals surface area (Å²) in [6.45, 7) is 10.8. The van der Waals surface area contributed by atoms with Crippen molar-refractivity contribution in [3.8, 4) is 0 Å². The molecule has 0 fully saturated rings. The molecule has 0 bridgehead atoms. The monoisotopic (exact) mass is 338 g/mol. The molecule has 1 aliphatic rings. The maximum Gasteiger partial charge on any atom is 0.303 e. The van der Waals surface area contributed by atoms with E-state index in [-0.39, 0.29) is 24.2 Å². The third-order valence-corrected chi connectivity index (χ3v) is 6.04. The van der Waals surface area contributed by atoms with Gasteiger partial charge in [-0.2, -0.15) is 0 Å². The summed E-state index contributed by atoms with van der Waals surface area (Å²) in [5, 5.41) is 18.1. The summed E-state index contributed by atoms with van der Waals surface area (Å²) in [7, 11) is 0. The number of hydrogen-bond acceptors (Lipinski definition) is 2. The summed E-state index contributed by atoms with van der Waals surface area (Å²) < 4.78 is 0. The van der Waals surface area contributed by atoms with Crippen LogP contribution in [-0.4, -0.2) is 22.2 Å². The Hall–Kier alpha value is -1.32. The molecule has 0 saturated carbocycles. The molecule has 1 aliphatic carbocycles. The normalized spacial score (nSPS) is 28.5. The largest absolute Gasteiger partial charge is 0.481 e. The number of aliphatic carboxylic acids is 2. The second-order valence-electron chi connectivity index (χ2n) is 8.27. The van der Waals surface area contributed by atoms with Gasteiger partial charge in [0.1, 0.15) is 0 Å². The summed E-state index contributed by atoms with van der Waals surface area (Å²) >= 11 is 0. The van der Waals surface area contributed by atoms with Gasteiger partial charge in [-0.05, 0) is 61.7 Å². The third-order valence-electron chi connectivity index (χ3n) is 6.04. The van der Waals surface area contributed by atoms with Crippen molar-refractivity contribution in [1.82, 2.24) is 0 Å². The molecule has 1 rings (SSSR count). The Morgan fingerprint density at radius 3 is 2.38 bits per heavy atom. The first kappa shape index (κ1) is 20.7. The van der Waals surface area contributed by atoms with Crippen LogP contribution in [0.2, 0.25) is 0 Å². The number of carboxylic acids is 2. The molecule has 0 aromatic rings. The summed E-state index contributed by atoms with van der Waals surface area (Å²) in [5.41, 5.74) is 1.32. The van der Waals surface area contributed by atoms with Crippen molar-refractivity contribution < 1.29 is 19.8 Å². The molecule has 0 amide bonds. The molecule has 0 unspecified atom stereocenters. The van der Waals surface area contributed by atoms with Gasteiger partial charge in [-0.1, -0.05) is 39.3 Å². The van der Waals surface area contributed by atoms with Crippen LogP contribution in [0.3, 0.4) is 0 Å². The second kappa shape index (κ2) is 8.68. The van der Waals surface area contributed by atoms with Crippen molar-refractivity contribution in [2.24, 2.45) is 29.1 Å². The molecular weight excluding hydrogens is 304 g/mol. The van der Waals surface area contributed by atoms with E-state index in [1.165, 1.54) is 5.57 Å². The lowest BCUT2D eigenvalue weighted by Crippen LogP contribution is -2.41. The Labute approximate surface area is 146 Å². The number of carboxylic acid groups (broad SMARTS) is 2. The number of allylic oxidation sites excluding steroid dienone is 2. The van der Waals surface area contributed by atoms with Gasteiger partial charge in [-0.15, -0.1) is 0 Å². The van der Waals surface area contributed by atoms with Crippen LogP contribution in [0.25, 0.3) is 0 Å².